The third kappa shape index (κ3) is 5.73. The van der Waals surface area contributed by atoms with Crippen molar-refractivity contribution >= 4 is 67.1 Å². The number of amides is 1. The number of hydrogen-bond donors (Lipinski definition) is 3. The highest BCUT2D eigenvalue weighted by Gasteiger charge is 2.20. The van der Waals surface area contributed by atoms with E-state index in [1.54, 1.807) is 42.5 Å². The van der Waals surface area contributed by atoms with Gasteiger partial charge in [0.25, 0.3) is 16.0 Å². The van der Waals surface area contributed by atoms with E-state index in [0.717, 1.165) is 6.07 Å². The van der Waals surface area contributed by atoms with Gasteiger partial charge in [-0.3, -0.25) is 9.35 Å². The SMILES string of the molecule is CCOc1ccc(NC(=O)c2cc3ccccc3c(N=Nc3cc(C)c(S(=O)(=O)O)cc3Cl)c2O)c(Cl)c1. The normalized spacial score (nSPS) is 11.7. The number of hydrogen-bond acceptors (Lipinski definition) is 7. The van der Waals surface area contributed by atoms with Crippen LogP contribution in [0.5, 0.6) is 11.5 Å². The van der Waals surface area contributed by atoms with Crippen molar-refractivity contribution in [1.29, 1.82) is 0 Å². The summed E-state index contributed by atoms with van der Waals surface area (Å²) in [5.74, 6) is -0.526. The van der Waals surface area contributed by atoms with Crippen LogP contribution in [0.1, 0.15) is 22.8 Å². The summed E-state index contributed by atoms with van der Waals surface area (Å²) in [6, 6.07) is 15.7. The molecule has 0 bridgehead atoms. The second-order valence-electron chi connectivity index (χ2n) is 8.12. The van der Waals surface area contributed by atoms with Gasteiger partial charge in [0, 0.05) is 11.5 Å². The fourth-order valence-electron chi connectivity index (χ4n) is 3.74. The molecule has 0 aliphatic rings. The molecule has 0 aromatic heterocycles. The number of phenols is 1. The third-order valence-electron chi connectivity index (χ3n) is 5.52. The van der Waals surface area contributed by atoms with Crippen molar-refractivity contribution in [3.8, 4) is 11.5 Å². The van der Waals surface area contributed by atoms with Gasteiger partial charge in [0.05, 0.1) is 32.8 Å². The van der Waals surface area contributed by atoms with E-state index >= 15 is 0 Å². The van der Waals surface area contributed by atoms with Gasteiger partial charge in [0.1, 0.15) is 17.1 Å². The Bertz CT molecular complexity index is 1710. The van der Waals surface area contributed by atoms with Gasteiger partial charge < -0.3 is 15.2 Å². The van der Waals surface area contributed by atoms with Crippen molar-refractivity contribution in [3.05, 3.63) is 81.8 Å². The number of carbonyl (C=O) groups excluding carboxylic acids is 1. The summed E-state index contributed by atoms with van der Waals surface area (Å²) < 4.78 is 37.9. The summed E-state index contributed by atoms with van der Waals surface area (Å²) in [6.45, 7) is 3.76. The number of azo groups is 1. The smallest absolute Gasteiger partial charge is 0.294 e. The molecule has 1 amide bonds. The molecule has 0 spiro atoms. The lowest BCUT2D eigenvalue weighted by molar-refractivity contribution is 0.102. The lowest BCUT2D eigenvalue weighted by Gasteiger charge is -2.13. The van der Waals surface area contributed by atoms with Crippen molar-refractivity contribution in [1.82, 2.24) is 0 Å². The maximum Gasteiger partial charge on any atom is 0.294 e. The molecular weight excluding hydrogens is 553 g/mol. The highest BCUT2D eigenvalue weighted by molar-refractivity contribution is 7.85. The minimum Gasteiger partial charge on any atom is -0.505 e. The Morgan fingerprint density at radius 1 is 1.03 bits per heavy atom. The first kappa shape index (κ1) is 27.3. The molecule has 38 heavy (non-hydrogen) atoms. The van der Waals surface area contributed by atoms with Crippen LogP contribution in [0.3, 0.4) is 0 Å². The standard InChI is InChI=1S/C26H21Cl2N3O6S/c1-3-37-16-8-9-21(19(27)12-16)29-26(33)18-11-15-6-4-5-7-17(15)24(25(18)32)31-30-22-10-14(2)23(13-20(22)28)38(34,35)36/h4-13,32H,3H2,1-2H3,(H,29,33)(H,34,35,36). The molecule has 0 aliphatic carbocycles. The minimum atomic E-state index is -4.48. The maximum absolute atomic E-state index is 13.2. The quantitative estimate of drug-likeness (QED) is 0.155. The number of aromatic hydroxyl groups is 1. The first-order valence-electron chi connectivity index (χ1n) is 11.2. The van der Waals surface area contributed by atoms with Gasteiger partial charge in [-0.1, -0.05) is 47.5 Å². The summed E-state index contributed by atoms with van der Waals surface area (Å²) in [5, 5.41) is 23.3. The number of benzene rings is 4. The molecule has 0 saturated carbocycles. The van der Waals surface area contributed by atoms with Gasteiger partial charge in [0.2, 0.25) is 0 Å². The maximum atomic E-state index is 13.2. The predicted octanol–water partition coefficient (Wildman–Crippen LogP) is 7.47. The fraction of sp³-hybridized carbons (Fsp3) is 0.115. The third-order valence-corrected chi connectivity index (χ3v) is 7.13. The van der Waals surface area contributed by atoms with E-state index < -0.39 is 21.8 Å². The number of aryl methyl sites for hydroxylation is 1. The van der Waals surface area contributed by atoms with E-state index in [2.05, 4.69) is 15.5 Å². The molecule has 4 aromatic carbocycles. The van der Waals surface area contributed by atoms with Gasteiger partial charge in [-0.25, -0.2) is 0 Å². The Kier molecular flexibility index (Phi) is 7.89. The van der Waals surface area contributed by atoms with Gasteiger partial charge in [-0.2, -0.15) is 8.42 Å². The van der Waals surface area contributed by atoms with Crippen LogP contribution in [-0.4, -0.2) is 30.6 Å². The Morgan fingerprint density at radius 3 is 2.45 bits per heavy atom. The first-order valence-corrected chi connectivity index (χ1v) is 13.4. The number of ether oxygens (including phenoxy) is 1. The fourth-order valence-corrected chi connectivity index (χ4v) is 4.96. The number of fused-ring (bicyclic) bond motifs is 1. The number of rotatable bonds is 7. The Balaban J connectivity index is 1.75. The van der Waals surface area contributed by atoms with Crippen LogP contribution < -0.4 is 10.1 Å². The number of nitrogens with zero attached hydrogens (tertiary/aromatic N) is 2. The summed E-state index contributed by atoms with van der Waals surface area (Å²) in [7, 11) is -4.48. The highest BCUT2D eigenvalue weighted by Crippen LogP contribution is 2.41. The number of halogens is 2. The zero-order valence-corrected chi connectivity index (χ0v) is 22.4. The molecule has 4 rings (SSSR count). The molecule has 0 unspecified atom stereocenters. The molecule has 0 atom stereocenters. The molecule has 3 N–H and O–H groups in total. The second-order valence-corrected chi connectivity index (χ2v) is 10.3. The minimum absolute atomic E-state index is 0.00128. The van der Waals surface area contributed by atoms with Gasteiger partial charge in [0.15, 0.2) is 5.75 Å². The van der Waals surface area contributed by atoms with E-state index in [0.29, 0.717) is 28.8 Å². The lowest BCUT2D eigenvalue weighted by Crippen LogP contribution is -2.12. The molecule has 196 valence electrons. The van der Waals surface area contributed by atoms with Crippen molar-refractivity contribution < 1.29 is 27.6 Å². The molecule has 0 radical (unpaired) electrons. The van der Waals surface area contributed by atoms with Crippen molar-refractivity contribution in [3.63, 3.8) is 0 Å². The number of nitrogens with one attached hydrogen (secondary N) is 1. The molecule has 0 fully saturated rings. The Hall–Kier alpha value is -3.70. The van der Waals surface area contributed by atoms with Gasteiger partial charge in [-0.15, -0.1) is 10.2 Å². The molecule has 9 nitrogen and oxygen atoms in total. The Morgan fingerprint density at radius 2 is 1.76 bits per heavy atom. The monoisotopic (exact) mass is 573 g/mol. The number of anilines is 1. The van der Waals surface area contributed by atoms with Crippen molar-refractivity contribution in [2.45, 2.75) is 18.7 Å². The van der Waals surface area contributed by atoms with Crippen molar-refractivity contribution in [2.75, 3.05) is 11.9 Å². The largest absolute Gasteiger partial charge is 0.505 e. The summed E-state index contributed by atoms with van der Waals surface area (Å²) in [6.07, 6.45) is 0. The molecule has 4 aromatic rings. The van der Waals surface area contributed by atoms with E-state index in [4.69, 9.17) is 27.9 Å². The van der Waals surface area contributed by atoms with Crippen LogP contribution in [0, 0.1) is 6.92 Å². The van der Waals surface area contributed by atoms with Crippen LogP contribution in [0.15, 0.2) is 75.8 Å². The molecule has 0 saturated heterocycles. The molecule has 0 heterocycles. The summed E-state index contributed by atoms with van der Waals surface area (Å²) in [4.78, 5) is 12.8. The van der Waals surface area contributed by atoms with Crippen molar-refractivity contribution in [2.24, 2.45) is 10.2 Å². The average Bonchev–Trinajstić information content (AvgIpc) is 2.86. The van der Waals surface area contributed by atoms with E-state index in [1.807, 2.05) is 6.92 Å². The molecule has 12 heteroatoms. The van der Waals surface area contributed by atoms with Gasteiger partial charge in [-0.05, 0) is 55.1 Å². The topological polar surface area (TPSA) is 138 Å². The number of phenolic OH excluding ortho intramolecular Hbond substituents is 1. The van der Waals surface area contributed by atoms with E-state index in [9.17, 15) is 22.9 Å². The van der Waals surface area contributed by atoms with E-state index in [-0.39, 0.29) is 37.4 Å². The van der Waals surface area contributed by atoms with Gasteiger partial charge >= 0.3 is 0 Å². The zero-order valence-electron chi connectivity index (χ0n) is 20.1. The predicted molar refractivity (Wildman–Crippen MR) is 146 cm³/mol. The van der Waals surface area contributed by atoms with Crippen LogP contribution in [-0.2, 0) is 10.1 Å². The van der Waals surface area contributed by atoms with Crippen LogP contribution in [0.2, 0.25) is 10.0 Å². The number of carbonyl (C=O) groups is 1. The van der Waals surface area contributed by atoms with Crippen LogP contribution in [0.25, 0.3) is 10.8 Å². The summed E-state index contributed by atoms with van der Waals surface area (Å²) in [5.41, 5.74) is 0.526. The van der Waals surface area contributed by atoms with Crippen LogP contribution >= 0.6 is 23.2 Å². The second kappa shape index (κ2) is 11.0. The highest BCUT2D eigenvalue weighted by atomic mass is 35.5. The van der Waals surface area contributed by atoms with Crippen LogP contribution in [0.4, 0.5) is 17.1 Å². The lowest BCUT2D eigenvalue weighted by atomic mass is 10.0. The Labute approximate surface area is 228 Å². The average molecular weight is 574 g/mol. The molecule has 0 aliphatic heterocycles. The summed E-state index contributed by atoms with van der Waals surface area (Å²) >= 11 is 12.5. The first-order chi connectivity index (χ1) is 18.0. The zero-order chi connectivity index (χ0) is 27.6. The van der Waals surface area contributed by atoms with E-state index in [1.165, 1.54) is 19.1 Å². The molecular formula is C26H21Cl2N3O6S.